The van der Waals surface area contributed by atoms with Gasteiger partial charge in [0, 0.05) is 5.56 Å². The predicted molar refractivity (Wildman–Crippen MR) is 80.5 cm³/mol. The van der Waals surface area contributed by atoms with Gasteiger partial charge in [0.05, 0.1) is 22.4 Å². The summed E-state index contributed by atoms with van der Waals surface area (Å²) in [4.78, 5) is -0.287. The molecule has 0 amide bonds. The zero-order chi connectivity index (χ0) is 17.1. The van der Waals surface area contributed by atoms with E-state index in [0.717, 1.165) is 12.1 Å². The maximum atomic E-state index is 12.5. The maximum Gasteiger partial charge on any atom is 0.416 e. The standard InChI is InChI=1S/C14H12F3N3O2S/c15-14(16,17)11-5-7-12(8-6-11)23(21,22)20-13-4-2-1-3-10(13)9-19-18/h1-9,20H,18H2/b19-9-. The summed E-state index contributed by atoms with van der Waals surface area (Å²) in [5.41, 5.74) is -0.292. The van der Waals surface area contributed by atoms with E-state index in [1.165, 1.54) is 12.3 Å². The predicted octanol–water partition coefficient (Wildman–Crippen LogP) is 2.80. The quantitative estimate of drug-likeness (QED) is 0.509. The van der Waals surface area contributed by atoms with Crippen molar-refractivity contribution in [2.75, 3.05) is 4.72 Å². The van der Waals surface area contributed by atoms with Gasteiger partial charge in [-0.3, -0.25) is 4.72 Å². The van der Waals surface area contributed by atoms with Gasteiger partial charge in [-0.2, -0.15) is 18.3 Å². The Morgan fingerprint density at radius 3 is 2.22 bits per heavy atom. The summed E-state index contributed by atoms with van der Waals surface area (Å²) in [6.07, 6.45) is -3.27. The lowest BCUT2D eigenvalue weighted by atomic mass is 10.2. The molecule has 23 heavy (non-hydrogen) atoms. The van der Waals surface area contributed by atoms with Gasteiger partial charge < -0.3 is 5.84 Å². The Morgan fingerprint density at radius 1 is 1.04 bits per heavy atom. The Balaban J connectivity index is 2.33. The first-order chi connectivity index (χ1) is 10.7. The molecule has 0 spiro atoms. The summed E-state index contributed by atoms with van der Waals surface area (Å²) < 4.78 is 64.3. The molecule has 9 heteroatoms. The number of hydrogen-bond acceptors (Lipinski definition) is 4. The highest BCUT2D eigenvalue weighted by Gasteiger charge is 2.30. The largest absolute Gasteiger partial charge is 0.416 e. The van der Waals surface area contributed by atoms with Gasteiger partial charge in [-0.05, 0) is 30.3 Å². The summed E-state index contributed by atoms with van der Waals surface area (Å²) in [5.74, 6) is 5.05. The number of hydrazone groups is 1. The molecule has 0 aromatic heterocycles. The van der Waals surface area contributed by atoms with E-state index in [2.05, 4.69) is 9.82 Å². The van der Waals surface area contributed by atoms with Gasteiger partial charge in [0.25, 0.3) is 10.0 Å². The normalized spacial score (nSPS) is 12.5. The van der Waals surface area contributed by atoms with Crippen molar-refractivity contribution in [3.8, 4) is 0 Å². The lowest BCUT2D eigenvalue weighted by molar-refractivity contribution is -0.137. The molecule has 0 unspecified atom stereocenters. The summed E-state index contributed by atoms with van der Waals surface area (Å²) >= 11 is 0. The number of nitrogens with two attached hydrogens (primary N) is 1. The molecule has 0 aliphatic heterocycles. The van der Waals surface area contributed by atoms with Crippen LogP contribution in [-0.4, -0.2) is 14.6 Å². The Bertz CT molecular complexity index is 816. The van der Waals surface area contributed by atoms with Crippen LogP contribution in [0.5, 0.6) is 0 Å². The lowest BCUT2D eigenvalue weighted by Crippen LogP contribution is -2.15. The first-order valence-electron chi connectivity index (χ1n) is 6.26. The lowest BCUT2D eigenvalue weighted by Gasteiger charge is -2.11. The molecule has 0 heterocycles. The molecule has 2 aromatic rings. The number of hydrogen-bond donors (Lipinski definition) is 2. The van der Waals surface area contributed by atoms with Gasteiger partial charge in [-0.15, -0.1) is 0 Å². The smallest absolute Gasteiger partial charge is 0.323 e. The molecular formula is C14H12F3N3O2S. The fourth-order valence-corrected chi connectivity index (χ4v) is 2.90. The molecule has 0 saturated heterocycles. The molecule has 2 aromatic carbocycles. The van der Waals surface area contributed by atoms with Gasteiger partial charge in [0.1, 0.15) is 0 Å². The Hall–Kier alpha value is -2.55. The zero-order valence-electron chi connectivity index (χ0n) is 11.6. The van der Waals surface area contributed by atoms with Crippen molar-refractivity contribution in [3.63, 3.8) is 0 Å². The minimum Gasteiger partial charge on any atom is -0.323 e. The van der Waals surface area contributed by atoms with Crippen LogP contribution in [0.3, 0.4) is 0 Å². The van der Waals surface area contributed by atoms with Crippen molar-refractivity contribution in [1.82, 2.24) is 0 Å². The fourth-order valence-electron chi connectivity index (χ4n) is 1.81. The molecule has 0 atom stereocenters. The van der Waals surface area contributed by atoms with Crippen LogP contribution in [0, 0.1) is 0 Å². The number of halogens is 3. The van der Waals surface area contributed by atoms with Crippen LogP contribution in [0.25, 0.3) is 0 Å². The van der Waals surface area contributed by atoms with Crippen LogP contribution in [0.1, 0.15) is 11.1 Å². The number of anilines is 1. The highest BCUT2D eigenvalue weighted by atomic mass is 32.2. The first-order valence-corrected chi connectivity index (χ1v) is 7.75. The van der Waals surface area contributed by atoms with E-state index in [9.17, 15) is 21.6 Å². The number of para-hydroxylation sites is 1. The number of nitrogens with one attached hydrogen (secondary N) is 1. The number of rotatable bonds is 4. The zero-order valence-corrected chi connectivity index (χ0v) is 12.4. The minimum atomic E-state index is -4.53. The number of sulfonamides is 1. The van der Waals surface area contributed by atoms with E-state index in [-0.39, 0.29) is 10.6 Å². The van der Waals surface area contributed by atoms with Crippen LogP contribution in [0.15, 0.2) is 58.5 Å². The number of alkyl halides is 3. The second-order valence-corrected chi connectivity index (χ2v) is 6.18. The van der Waals surface area contributed by atoms with E-state index in [0.29, 0.717) is 17.7 Å². The van der Waals surface area contributed by atoms with Crippen molar-refractivity contribution in [1.29, 1.82) is 0 Å². The second-order valence-electron chi connectivity index (χ2n) is 4.49. The summed E-state index contributed by atoms with van der Waals surface area (Å²) in [6, 6.07) is 9.53. The molecule has 5 nitrogen and oxygen atoms in total. The number of benzene rings is 2. The van der Waals surface area contributed by atoms with Crippen molar-refractivity contribution >= 4 is 21.9 Å². The molecule has 0 aliphatic carbocycles. The van der Waals surface area contributed by atoms with Crippen LogP contribution < -0.4 is 10.6 Å². The van der Waals surface area contributed by atoms with Gasteiger partial charge in [0.15, 0.2) is 0 Å². The summed E-state index contributed by atoms with van der Waals surface area (Å²) in [5, 5.41) is 3.32. The van der Waals surface area contributed by atoms with Gasteiger partial charge in [-0.25, -0.2) is 8.42 Å². The molecule has 0 fully saturated rings. The summed E-state index contributed by atoms with van der Waals surface area (Å²) in [6.45, 7) is 0. The maximum absolute atomic E-state index is 12.5. The SMILES string of the molecule is N/N=C\c1ccccc1NS(=O)(=O)c1ccc(C(F)(F)F)cc1. The molecule has 2 rings (SSSR count). The molecule has 0 aliphatic rings. The van der Waals surface area contributed by atoms with Gasteiger partial charge in [0.2, 0.25) is 0 Å². The first kappa shape index (κ1) is 16.8. The molecule has 3 N–H and O–H groups in total. The monoisotopic (exact) mass is 343 g/mol. The average Bonchev–Trinajstić information content (AvgIpc) is 2.48. The topological polar surface area (TPSA) is 84.5 Å². The Morgan fingerprint density at radius 2 is 1.65 bits per heavy atom. The highest BCUT2D eigenvalue weighted by Crippen LogP contribution is 2.30. The third-order valence-corrected chi connectivity index (χ3v) is 4.29. The van der Waals surface area contributed by atoms with Crippen LogP contribution in [0.2, 0.25) is 0 Å². The summed E-state index contributed by atoms with van der Waals surface area (Å²) in [7, 11) is -4.04. The third kappa shape index (κ3) is 4.01. The molecule has 122 valence electrons. The highest BCUT2D eigenvalue weighted by molar-refractivity contribution is 7.92. The minimum absolute atomic E-state index is 0.210. The van der Waals surface area contributed by atoms with Crippen LogP contribution in [-0.2, 0) is 16.2 Å². The van der Waals surface area contributed by atoms with Crippen molar-refractivity contribution in [2.24, 2.45) is 10.9 Å². The second kappa shape index (κ2) is 6.29. The van der Waals surface area contributed by atoms with Crippen molar-refractivity contribution in [3.05, 3.63) is 59.7 Å². The number of nitrogens with zero attached hydrogens (tertiary/aromatic N) is 1. The Kier molecular flexibility index (Phi) is 4.60. The average molecular weight is 343 g/mol. The van der Waals surface area contributed by atoms with Crippen LogP contribution in [0.4, 0.5) is 18.9 Å². The van der Waals surface area contributed by atoms with Gasteiger partial charge >= 0.3 is 6.18 Å². The molecular weight excluding hydrogens is 331 g/mol. The van der Waals surface area contributed by atoms with E-state index < -0.39 is 21.8 Å². The fraction of sp³-hybridized carbons (Fsp3) is 0.0714. The molecule has 0 radical (unpaired) electrons. The van der Waals surface area contributed by atoms with Crippen molar-refractivity contribution < 1.29 is 21.6 Å². The van der Waals surface area contributed by atoms with E-state index >= 15 is 0 Å². The van der Waals surface area contributed by atoms with Gasteiger partial charge in [-0.1, -0.05) is 18.2 Å². The Labute approximate surface area is 130 Å². The van der Waals surface area contributed by atoms with E-state index in [1.54, 1.807) is 18.2 Å². The molecule has 0 saturated carbocycles. The van der Waals surface area contributed by atoms with Crippen molar-refractivity contribution in [2.45, 2.75) is 11.1 Å². The van der Waals surface area contributed by atoms with E-state index in [1.807, 2.05) is 0 Å². The van der Waals surface area contributed by atoms with Crippen LogP contribution >= 0.6 is 0 Å². The molecule has 0 bridgehead atoms. The van der Waals surface area contributed by atoms with E-state index in [4.69, 9.17) is 5.84 Å². The third-order valence-electron chi connectivity index (χ3n) is 2.91.